The van der Waals surface area contributed by atoms with Crippen LogP contribution < -0.4 is 15.5 Å². The van der Waals surface area contributed by atoms with Gasteiger partial charge in [-0.15, -0.1) is 0 Å². The quantitative estimate of drug-likeness (QED) is 0.781. The molecule has 1 N–H and O–H groups in total. The topological polar surface area (TPSA) is 66.0 Å². The van der Waals surface area contributed by atoms with Gasteiger partial charge in [-0.3, -0.25) is 0 Å². The van der Waals surface area contributed by atoms with Crippen molar-refractivity contribution in [1.82, 2.24) is 5.32 Å². The number of fused-ring (bicyclic) bond motifs is 1. The smallest absolute Gasteiger partial charge is 0.493 e. The fraction of sp³-hybridized carbons (Fsp3) is 0.667. The molecule has 28 heavy (non-hydrogen) atoms. The van der Waals surface area contributed by atoms with Crippen molar-refractivity contribution in [3.63, 3.8) is 0 Å². The van der Waals surface area contributed by atoms with Crippen LogP contribution in [0.4, 0.5) is 4.79 Å². The second-order valence-corrected chi connectivity index (χ2v) is 9.58. The number of rotatable bonds is 2. The summed E-state index contributed by atoms with van der Waals surface area (Å²) in [5, 5.41) is 2.98. The van der Waals surface area contributed by atoms with E-state index in [1.54, 1.807) is 0 Å². The molecule has 3 rings (SSSR count). The van der Waals surface area contributed by atoms with Crippen LogP contribution in [-0.4, -0.2) is 36.6 Å². The van der Waals surface area contributed by atoms with Crippen molar-refractivity contribution in [3.05, 3.63) is 23.8 Å². The summed E-state index contributed by atoms with van der Waals surface area (Å²) in [6.45, 7) is 14.3. The zero-order valence-electron chi connectivity index (χ0n) is 18.0. The van der Waals surface area contributed by atoms with Gasteiger partial charge in [-0.25, -0.2) is 4.79 Å². The van der Waals surface area contributed by atoms with Gasteiger partial charge in [0.15, 0.2) is 0 Å². The van der Waals surface area contributed by atoms with Gasteiger partial charge in [-0.05, 0) is 72.8 Å². The number of carbonyl (C=O) groups is 1. The fourth-order valence-electron chi connectivity index (χ4n) is 3.31. The van der Waals surface area contributed by atoms with Gasteiger partial charge < -0.3 is 24.1 Å². The highest BCUT2D eigenvalue weighted by Gasteiger charge is 2.51. The minimum absolute atomic E-state index is 0.153. The van der Waals surface area contributed by atoms with Crippen molar-refractivity contribution in [3.8, 4) is 5.75 Å². The van der Waals surface area contributed by atoms with Crippen molar-refractivity contribution in [2.75, 3.05) is 6.61 Å². The standard InChI is InChI=1S/C21H32BNO5/c1-19(2,3)26-18(24)23-16-9-8-12-25-17-13-14(10-11-15(16)17)22-27-20(4,5)21(6,7)28-22/h10-11,13,16H,8-9,12H2,1-7H3,(H,23,24). The normalized spacial score (nSPS) is 23.4. The first-order valence-corrected chi connectivity index (χ1v) is 10.00. The van der Waals surface area contributed by atoms with Gasteiger partial charge in [0.25, 0.3) is 0 Å². The lowest BCUT2D eigenvalue weighted by atomic mass is 9.78. The van der Waals surface area contributed by atoms with E-state index in [1.165, 1.54) is 0 Å². The lowest BCUT2D eigenvalue weighted by Gasteiger charge is -2.32. The van der Waals surface area contributed by atoms with Crippen LogP contribution in [-0.2, 0) is 14.0 Å². The van der Waals surface area contributed by atoms with E-state index in [0.29, 0.717) is 6.61 Å². The Kier molecular flexibility index (Phi) is 5.45. The molecule has 154 valence electrons. The summed E-state index contributed by atoms with van der Waals surface area (Å²) in [7, 11) is -0.445. The molecular weight excluding hydrogens is 357 g/mol. The second kappa shape index (κ2) is 7.27. The van der Waals surface area contributed by atoms with Gasteiger partial charge in [0.2, 0.25) is 0 Å². The molecule has 1 aromatic carbocycles. The Morgan fingerprint density at radius 1 is 1.18 bits per heavy atom. The maximum atomic E-state index is 12.3. The lowest BCUT2D eigenvalue weighted by molar-refractivity contribution is 0.00578. The second-order valence-electron chi connectivity index (χ2n) is 9.58. The molecule has 0 spiro atoms. The fourth-order valence-corrected chi connectivity index (χ4v) is 3.31. The van der Waals surface area contributed by atoms with Gasteiger partial charge in [-0.1, -0.05) is 12.1 Å². The SMILES string of the molecule is CC(C)(C)OC(=O)NC1CCCOc2cc(B3OC(C)(C)C(C)(C)O3)ccc21. The molecule has 2 aliphatic rings. The van der Waals surface area contributed by atoms with E-state index in [-0.39, 0.29) is 6.04 Å². The Balaban J connectivity index is 1.81. The Hall–Kier alpha value is -1.73. The molecule has 1 amide bonds. The molecule has 1 saturated heterocycles. The van der Waals surface area contributed by atoms with Crippen molar-refractivity contribution >= 4 is 18.7 Å². The summed E-state index contributed by atoms with van der Waals surface area (Å²) < 4.78 is 23.7. The molecule has 1 atom stereocenters. The van der Waals surface area contributed by atoms with Crippen LogP contribution in [0.5, 0.6) is 5.75 Å². The molecule has 7 heteroatoms. The zero-order valence-corrected chi connectivity index (χ0v) is 18.0. The largest absolute Gasteiger partial charge is 0.494 e. The zero-order chi connectivity index (χ0) is 20.7. The van der Waals surface area contributed by atoms with Gasteiger partial charge in [0.1, 0.15) is 11.4 Å². The Morgan fingerprint density at radius 2 is 1.82 bits per heavy atom. The number of benzene rings is 1. The van der Waals surface area contributed by atoms with E-state index in [9.17, 15) is 4.79 Å². The lowest BCUT2D eigenvalue weighted by Crippen LogP contribution is -2.41. The highest BCUT2D eigenvalue weighted by atomic mass is 16.7. The monoisotopic (exact) mass is 389 g/mol. The highest BCUT2D eigenvalue weighted by Crippen LogP contribution is 2.37. The average Bonchev–Trinajstić information content (AvgIpc) is 2.68. The van der Waals surface area contributed by atoms with Crippen LogP contribution in [0, 0.1) is 0 Å². The van der Waals surface area contributed by atoms with Crippen LogP contribution in [0.15, 0.2) is 18.2 Å². The maximum absolute atomic E-state index is 12.3. The molecule has 2 aliphatic heterocycles. The van der Waals surface area contributed by atoms with Crippen LogP contribution in [0.3, 0.4) is 0 Å². The summed E-state index contributed by atoms with van der Waals surface area (Å²) in [6.07, 6.45) is 1.23. The van der Waals surface area contributed by atoms with E-state index in [4.69, 9.17) is 18.8 Å². The summed E-state index contributed by atoms with van der Waals surface area (Å²) >= 11 is 0. The van der Waals surface area contributed by atoms with Crippen LogP contribution in [0.1, 0.15) is 72.9 Å². The third-order valence-corrected chi connectivity index (χ3v) is 5.52. The number of alkyl carbamates (subject to hydrolysis) is 1. The molecule has 1 unspecified atom stereocenters. The number of amides is 1. The summed E-state index contributed by atoms with van der Waals surface area (Å²) in [4.78, 5) is 12.3. The summed E-state index contributed by atoms with van der Waals surface area (Å²) in [6, 6.07) is 5.79. The minimum Gasteiger partial charge on any atom is -0.493 e. The molecule has 0 bridgehead atoms. The number of carbonyl (C=O) groups excluding carboxylic acids is 1. The van der Waals surface area contributed by atoms with Crippen molar-refractivity contribution in [2.24, 2.45) is 0 Å². The number of ether oxygens (including phenoxy) is 2. The first kappa shape index (κ1) is 21.0. The van der Waals surface area contributed by atoms with Crippen LogP contribution in [0.2, 0.25) is 0 Å². The molecule has 2 heterocycles. The summed E-state index contributed by atoms with van der Waals surface area (Å²) in [5.41, 5.74) is 0.534. The van der Waals surface area contributed by atoms with E-state index in [2.05, 4.69) is 5.32 Å². The molecule has 6 nitrogen and oxygen atoms in total. The number of nitrogens with one attached hydrogen (secondary N) is 1. The Bertz CT molecular complexity index is 725. The third kappa shape index (κ3) is 4.46. The summed E-state index contributed by atoms with van der Waals surface area (Å²) in [5.74, 6) is 0.755. The maximum Gasteiger partial charge on any atom is 0.494 e. The van der Waals surface area contributed by atoms with E-state index < -0.39 is 30.0 Å². The molecule has 1 fully saturated rings. The van der Waals surface area contributed by atoms with Crippen LogP contribution in [0.25, 0.3) is 0 Å². The molecule has 1 aromatic rings. The van der Waals surface area contributed by atoms with Crippen molar-refractivity contribution < 1.29 is 23.6 Å². The molecule has 0 radical (unpaired) electrons. The Morgan fingerprint density at radius 3 is 2.43 bits per heavy atom. The van der Waals surface area contributed by atoms with Gasteiger partial charge >= 0.3 is 13.2 Å². The number of hydrogen-bond acceptors (Lipinski definition) is 5. The highest BCUT2D eigenvalue weighted by molar-refractivity contribution is 6.62. The van der Waals surface area contributed by atoms with Crippen molar-refractivity contribution in [1.29, 1.82) is 0 Å². The molecular formula is C21H32BNO5. The first-order chi connectivity index (χ1) is 12.9. The predicted octanol–water partition coefficient (Wildman–Crippen LogP) is 3.72. The third-order valence-electron chi connectivity index (χ3n) is 5.52. The van der Waals surface area contributed by atoms with Crippen molar-refractivity contribution in [2.45, 2.75) is 84.2 Å². The van der Waals surface area contributed by atoms with E-state index in [0.717, 1.165) is 29.6 Å². The molecule has 0 saturated carbocycles. The average molecular weight is 389 g/mol. The van der Waals surface area contributed by atoms with Gasteiger partial charge in [0, 0.05) is 5.56 Å². The van der Waals surface area contributed by atoms with E-state index in [1.807, 2.05) is 66.7 Å². The molecule has 0 aliphatic carbocycles. The minimum atomic E-state index is -0.533. The van der Waals surface area contributed by atoms with E-state index >= 15 is 0 Å². The predicted molar refractivity (Wildman–Crippen MR) is 109 cm³/mol. The molecule has 0 aromatic heterocycles. The van der Waals surface area contributed by atoms with Crippen LogP contribution >= 0.6 is 0 Å². The Labute approximate surface area is 168 Å². The van der Waals surface area contributed by atoms with Gasteiger partial charge in [-0.2, -0.15) is 0 Å². The number of hydrogen-bond donors (Lipinski definition) is 1. The first-order valence-electron chi connectivity index (χ1n) is 10.00. The van der Waals surface area contributed by atoms with Gasteiger partial charge in [0.05, 0.1) is 23.9 Å².